The van der Waals surface area contributed by atoms with E-state index in [1.54, 1.807) is 29.5 Å². The van der Waals surface area contributed by atoms with E-state index in [2.05, 4.69) is 0 Å². The molecule has 2 aliphatic heterocycles. The summed E-state index contributed by atoms with van der Waals surface area (Å²) in [5.74, 6) is -0.603. The van der Waals surface area contributed by atoms with Crippen molar-refractivity contribution in [1.29, 1.82) is 0 Å². The van der Waals surface area contributed by atoms with Crippen molar-refractivity contribution < 1.29 is 19.1 Å². The molecule has 3 amide bonds. The predicted molar refractivity (Wildman–Crippen MR) is 122 cm³/mol. The number of carbonyl (C=O) groups is 3. The summed E-state index contributed by atoms with van der Waals surface area (Å²) < 4.78 is 5.78. The number of benzene rings is 1. The molecule has 3 heterocycles. The van der Waals surface area contributed by atoms with Crippen LogP contribution in [0.1, 0.15) is 80.9 Å². The summed E-state index contributed by atoms with van der Waals surface area (Å²) in [4.78, 5) is 44.0. The van der Waals surface area contributed by atoms with Crippen LogP contribution in [0, 0.1) is 0 Å². The van der Waals surface area contributed by atoms with Gasteiger partial charge in [0.25, 0.3) is 17.7 Å². The fourth-order valence-corrected chi connectivity index (χ4v) is 5.81. The minimum atomic E-state index is -0.254. The Bertz CT molecular complexity index is 1010. The van der Waals surface area contributed by atoms with Crippen molar-refractivity contribution in [2.75, 3.05) is 13.2 Å². The number of imide groups is 1. The van der Waals surface area contributed by atoms with Crippen molar-refractivity contribution in [3.8, 4) is 0 Å². The molecule has 1 saturated heterocycles. The Morgan fingerprint density at radius 1 is 1.03 bits per heavy atom. The van der Waals surface area contributed by atoms with Crippen LogP contribution in [0.25, 0.3) is 0 Å². The summed E-state index contributed by atoms with van der Waals surface area (Å²) in [7, 11) is 0. The zero-order chi connectivity index (χ0) is 22.1. The first-order chi connectivity index (χ1) is 15.6. The molecule has 2 aromatic rings. The Labute approximate surface area is 192 Å². The third-order valence-electron chi connectivity index (χ3n) is 6.77. The van der Waals surface area contributed by atoms with Crippen LogP contribution in [0.15, 0.2) is 35.7 Å². The van der Waals surface area contributed by atoms with E-state index in [-0.39, 0.29) is 29.9 Å². The third-order valence-corrected chi connectivity index (χ3v) is 7.63. The van der Waals surface area contributed by atoms with Crippen molar-refractivity contribution in [3.63, 3.8) is 0 Å². The van der Waals surface area contributed by atoms with Gasteiger partial charge in [-0.2, -0.15) is 0 Å². The topological polar surface area (TPSA) is 66.9 Å². The van der Waals surface area contributed by atoms with E-state index in [0.717, 1.165) is 56.4 Å². The second-order valence-electron chi connectivity index (χ2n) is 8.93. The smallest absolute Gasteiger partial charge is 0.261 e. The van der Waals surface area contributed by atoms with Crippen molar-refractivity contribution in [2.45, 2.75) is 63.6 Å². The first-order valence-electron chi connectivity index (χ1n) is 11.6. The van der Waals surface area contributed by atoms with E-state index in [1.165, 1.54) is 4.90 Å². The summed E-state index contributed by atoms with van der Waals surface area (Å²) in [6, 6.07) is 8.94. The van der Waals surface area contributed by atoms with Crippen LogP contribution in [0.5, 0.6) is 0 Å². The molecule has 1 aromatic heterocycles. The SMILES string of the molecule is O=C(c1ccc2c(c1)C(=O)N(C1CCCCC1)C2=O)N(Cc1cccs1)CC1CCCO1. The van der Waals surface area contributed by atoms with Crippen LogP contribution in [0.4, 0.5) is 0 Å². The van der Waals surface area contributed by atoms with Crippen LogP contribution in [-0.4, -0.2) is 52.8 Å². The van der Waals surface area contributed by atoms with E-state index in [1.807, 2.05) is 22.4 Å². The summed E-state index contributed by atoms with van der Waals surface area (Å²) in [5.41, 5.74) is 1.23. The molecular weight excluding hydrogens is 424 g/mol. The van der Waals surface area contributed by atoms with Crippen LogP contribution in [-0.2, 0) is 11.3 Å². The van der Waals surface area contributed by atoms with Gasteiger partial charge in [0, 0.05) is 29.6 Å². The molecular formula is C25H28N2O4S. The lowest BCUT2D eigenvalue weighted by molar-refractivity contribution is 0.0509. The minimum Gasteiger partial charge on any atom is -0.376 e. The average Bonchev–Trinajstić information content (AvgIpc) is 3.57. The average molecular weight is 453 g/mol. The molecule has 0 bridgehead atoms. The molecule has 1 atom stereocenters. The molecule has 1 aromatic carbocycles. The molecule has 2 fully saturated rings. The van der Waals surface area contributed by atoms with Crippen LogP contribution in [0.3, 0.4) is 0 Å². The van der Waals surface area contributed by atoms with Gasteiger partial charge < -0.3 is 9.64 Å². The highest BCUT2D eigenvalue weighted by molar-refractivity contribution is 7.09. The molecule has 1 unspecified atom stereocenters. The zero-order valence-corrected chi connectivity index (χ0v) is 18.9. The first-order valence-corrected chi connectivity index (χ1v) is 12.4. The van der Waals surface area contributed by atoms with Gasteiger partial charge >= 0.3 is 0 Å². The molecule has 3 aliphatic rings. The molecule has 1 saturated carbocycles. The molecule has 0 radical (unpaired) electrons. The maximum absolute atomic E-state index is 13.5. The highest BCUT2D eigenvalue weighted by Gasteiger charge is 2.40. The zero-order valence-electron chi connectivity index (χ0n) is 18.1. The number of thiophene rings is 1. The predicted octanol–water partition coefficient (Wildman–Crippen LogP) is 4.50. The Kier molecular flexibility index (Phi) is 6.11. The van der Waals surface area contributed by atoms with Crippen LogP contribution >= 0.6 is 11.3 Å². The number of amides is 3. The molecule has 0 N–H and O–H groups in total. The number of rotatable bonds is 6. The van der Waals surface area contributed by atoms with Gasteiger partial charge in [-0.05, 0) is 55.3 Å². The Morgan fingerprint density at radius 2 is 1.84 bits per heavy atom. The lowest BCUT2D eigenvalue weighted by atomic mass is 9.94. The lowest BCUT2D eigenvalue weighted by Gasteiger charge is -2.29. The van der Waals surface area contributed by atoms with Gasteiger partial charge in [0.05, 0.1) is 23.8 Å². The standard InChI is InChI=1S/C25H28N2O4S/c28-23(26(15-19-8-4-12-31-19)16-20-9-5-13-32-20)17-10-11-21-22(14-17)25(30)27(24(21)29)18-6-2-1-3-7-18/h5,9-11,13-14,18-19H,1-4,6-8,12,15-16H2. The highest BCUT2D eigenvalue weighted by atomic mass is 32.1. The quantitative estimate of drug-likeness (QED) is 0.606. The summed E-state index contributed by atoms with van der Waals surface area (Å²) >= 11 is 1.62. The van der Waals surface area contributed by atoms with E-state index in [9.17, 15) is 14.4 Å². The number of ether oxygens (including phenoxy) is 1. The fourth-order valence-electron chi connectivity index (χ4n) is 5.09. The van der Waals surface area contributed by atoms with E-state index in [0.29, 0.717) is 29.8 Å². The van der Waals surface area contributed by atoms with Crippen molar-refractivity contribution in [3.05, 3.63) is 57.3 Å². The second kappa shape index (κ2) is 9.16. The molecule has 7 heteroatoms. The van der Waals surface area contributed by atoms with Crippen LogP contribution < -0.4 is 0 Å². The van der Waals surface area contributed by atoms with Gasteiger partial charge in [0.15, 0.2) is 0 Å². The number of carbonyl (C=O) groups excluding carboxylic acids is 3. The van der Waals surface area contributed by atoms with Gasteiger partial charge in [-0.15, -0.1) is 11.3 Å². The van der Waals surface area contributed by atoms with Gasteiger partial charge in [0.2, 0.25) is 0 Å². The van der Waals surface area contributed by atoms with Crippen LogP contribution in [0.2, 0.25) is 0 Å². The number of nitrogens with zero attached hydrogens (tertiary/aromatic N) is 2. The molecule has 0 spiro atoms. The maximum atomic E-state index is 13.5. The summed E-state index contributed by atoms with van der Waals surface area (Å²) in [6.07, 6.45) is 6.98. The summed E-state index contributed by atoms with van der Waals surface area (Å²) in [5, 5.41) is 2.00. The number of hydrogen-bond acceptors (Lipinski definition) is 5. The monoisotopic (exact) mass is 452 g/mol. The molecule has 6 nitrogen and oxygen atoms in total. The lowest BCUT2D eigenvalue weighted by Crippen LogP contribution is -2.40. The first kappa shape index (κ1) is 21.3. The van der Waals surface area contributed by atoms with E-state index >= 15 is 0 Å². The fraction of sp³-hybridized carbons (Fsp3) is 0.480. The normalized spacial score (nSPS) is 21.2. The second-order valence-corrected chi connectivity index (χ2v) is 9.96. The van der Waals surface area contributed by atoms with Crippen molar-refractivity contribution >= 4 is 29.1 Å². The maximum Gasteiger partial charge on any atom is 0.261 e. The molecule has 1 aliphatic carbocycles. The van der Waals surface area contributed by atoms with Gasteiger partial charge in [-0.25, -0.2) is 0 Å². The molecule has 168 valence electrons. The highest BCUT2D eigenvalue weighted by Crippen LogP contribution is 2.32. The van der Waals surface area contributed by atoms with Crippen molar-refractivity contribution in [1.82, 2.24) is 9.80 Å². The Hall–Kier alpha value is -2.51. The van der Waals surface area contributed by atoms with Gasteiger partial charge in [0.1, 0.15) is 0 Å². The summed E-state index contributed by atoms with van der Waals surface area (Å²) in [6.45, 7) is 1.77. The number of hydrogen-bond donors (Lipinski definition) is 0. The minimum absolute atomic E-state index is 0.0230. The van der Waals surface area contributed by atoms with E-state index in [4.69, 9.17) is 4.74 Å². The molecule has 32 heavy (non-hydrogen) atoms. The number of fused-ring (bicyclic) bond motifs is 1. The Balaban J connectivity index is 1.39. The largest absolute Gasteiger partial charge is 0.376 e. The van der Waals surface area contributed by atoms with Gasteiger partial charge in [-0.3, -0.25) is 19.3 Å². The Morgan fingerprint density at radius 3 is 2.56 bits per heavy atom. The van der Waals surface area contributed by atoms with Gasteiger partial charge in [-0.1, -0.05) is 25.3 Å². The van der Waals surface area contributed by atoms with Crippen molar-refractivity contribution in [2.24, 2.45) is 0 Å². The van der Waals surface area contributed by atoms with E-state index < -0.39 is 0 Å². The molecule has 5 rings (SSSR count). The third kappa shape index (κ3) is 4.11.